The fourth-order valence-electron chi connectivity index (χ4n) is 2.34. The highest BCUT2D eigenvalue weighted by Gasteiger charge is 2.30. The first-order valence-electron chi connectivity index (χ1n) is 7.29. The van der Waals surface area contributed by atoms with E-state index in [1.807, 2.05) is 6.07 Å². The van der Waals surface area contributed by atoms with Gasteiger partial charge in [0, 0.05) is 5.57 Å². The summed E-state index contributed by atoms with van der Waals surface area (Å²) in [4.78, 5) is 24.9. The van der Waals surface area contributed by atoms with E-state index in [0.717, 1.165) is 0 Å². The number of esters is 1. The first-order valence-corrected chi connectivity index (χ1v) is 7.29. The van der Waals surface area contributed by atoms with Crippen molar-refractivity contribution < 1.29 is 19.4 Å². The van der Waals surface area contributed by atoms with Gasteiger partial charge in [0.2, 0.25) is 0 Å². The van der Waals surface area contributed by atoms with E-state index >= 15 is 0 Å². The number of benzene rings is 2. The van der Waals surface area contributed by atoms with E-state index in [-0.39, 0.29) is 23.5 Å². The molecule has 1 N–H and O–H groups in total. The van der Waals surface area contributed by atoms with Crippen LogP contribution in [-0.4, -0.2) is 23.5 Å². The van der Waals surface area contributed by atoms with E-state index in [0.29, 0.717) is 5.56 Å². The van der Waals surface area contributed by atoms with Gasteiger partial charge in [-0.05, 0) is 24.6 Å². The maximum atomic E-state index is 12.9. The maximum Gasteiger partial charge on any atom is 0.334 e. The van der Waals surface area contributed by atoms with Crippen LogP contribution >= 0.6 is 0 Å². The van der Waals surface area contributed by atoms with Crippen LogP contribution in [0.4, 0.5) is 0 Å². The minimum atomic E-state index is -0.899. The number of carbonyl (C=O) groups is 2. The average Bonchev–Trinajstić information content (AvgIpc) is 2.56. The average molecular weight is 310 g/mol. The fourth-order valence-corrected chi connectivity index (χ4v) is 2.34. The van der Waals surface area contributed by atoms with Crippen LogP contribution in [0.3, 0.4) is 0 Å². The molecular formula is C19H18O4. The largest absolute Gasteiger partial charge is 0.507 e. The summed E-state index contributed by atoms with van der Waals surface area (Å²) in [6.07, 6.45) is 0. The highest BCUT2D eigenvalue weighted by molar-refractivity contribution is 6.09. The Hall–Kier alpha value is -2.88. The van der Waals surface area contributed by atoms with Crippen LogP contribution in [0.5, 0.6) is 5.75 Å². The van der Waals surface area contributed by atoms with Crippen LogP contribution in [0.25, 0.3) is 0 Å². The molecule has 118 valence electrons. The number of phenolic OH excluding ortho intramolecular Hbond substituents is 1. The Morgan fingerprint density at radius 1 is 1.09 bits per heavy atom. The summed E-state index contributed by atoms with van der Waals surface area (Å²) >= 11 is 0. The van der Waals surface area contributed by atoms with Crippen LogP contribution < -0.4 is 0 Å². The molecule has 0 aromatic heterocycles. The lowest BCUT2D eigenvalue weighted by atomic mass is 9.85. The zero-order valence-electron chi connectivity index (χ0n) is 12.9. The minimum absolute atomic E-state index is 0.0475. The molecule has 0 aliphatic rings. The van der Waals surface area contributed by atoms with Gasteiger partial charge in [0.25, 0.3) is 0 Å². The summed E-state index contributed by atoms with van der Waals surface area (Å²) < 4.78 is 4.97. The predicted molar refractivity (Wildman–Crippen MR) is 87.4 cm³/mol. The highest BCUT2D eigenvalue weighted by atomic mass is 16.5. The normalized spacial score (nSPS) is 11.5. The predicted octanol–water partition coefficient (Wildman–Crippen LogP) is 3.48. The number of ether oxygens (including phenoxy) is 1. The van der Waals surface area contributed by atoms with E-state index in [4.69, 9.17) is 4.74 Å². The number of carbonyl (C=O) groups excluding carboxylic acids is 2. The quantitative estimate of drug-likeness (QED) is 0.504. The summed E-state index contributed by atoms with van der Waals surface area (Å²) in [5.74, 6) is -2.05. The molecule has 4 nitrogen and oxygen atoms in total. The van der Waals surface area contributed by atoms with Gasteiger partial charge in [-0.1, -0.05) is 49.0 Å². The molecule has 0 radical (unpaired) electrons. The van der Waals surface area contributed by atoms with Crippen molar-refractivity contribution in [3.05, 3.63) is 77.9 Å². The minimum Gasteiger partial charge on any atom is -0.507 e. The summed E-state index contributed by atoms with van der Waals surface area (Å²) in [7, 11) is 0. The maximum absolute atomic E-state index is 12.9. The first kappa shape index (κ1) is 16.5. The van der Waals surface area contributed by atoms with Gasteiger partial charge < -0.3 is 9.84 Å². The van der Waals surface area contributed by atoms with E-state index in [1.54, 1.807) is 43.3 Å². The molecule has 2 aromatic carbocycles. The molecular weight excluding hydrogens is 292 g/mol. The number of ketones is 1. The number of aromatic hydroxyl groups is 1. The molecule has 0 aliphatic carbocycles. The second-order valence-electron chi connectivity index (χ2n) is 4.97. The number of para-hydroxylation sites is 1. The third-order valence-corrected chi connectivity index (χ3v) is 3.45. The SMILES string of the molecule is C=C(C(=O)OCC)C(C(=O)c1ccccc1O)c1ccccc1. The van der Waals surface area contributed by atoms with Crippen molar-refractivity contribution in [3.8, 4) is 5.75 Å². The first-order chi connectivity index (χ1) is 11.1. The fraction of sp³-hybridized carbons (Fsp3) is 0.158. The van der Waals surface area contributed by atoms with Gasteiger partial charge in [-0.2, -0.15) is 0 Å². The lowest BCUT2D eigenvalue weighted by Gasteiger charge is -2.18. The monoisotopic (exact) mass is 310 g/mol. The van der Waals surface area contributed by atoms with Crippen molar-refractivity contribution in [1.29, 1.82) is 0 Å². The molecule has 4 heteroatoms. The van der Waals surface area contributed by atoms with Gasteiger partial charge in [-0.3, -0.25) is 4.79 Å². The summed E-state index contributed by atoms with van der Waals surface area (Å²) in [6, 6.07) is 15.1. The van der Waals surface area contributed by atoms with Crippen LogP contribution in [0, 0.1) is 0 Å². The van der Waals surface area contributed by atoms with Crippen molar-refractivity contribution >= 4 is 11.8 Å². The second kappa shape index (κ2) is 7.40. The molecule has 0 amide bonds. The van der Waals surface area contributed by atoms with Gasteiger partial charge in [0.05, 0.1) is 18.1 Å². The van der Waals surface area contributed by atoms with Crippen LogP contribution in [0.15, 0.2) is 66.7 Å². The van der Waals surface area contributed by atoms with Crippen LogP contribution in [0.1, 0.15) is 28.8 Å². The Labute approximate surface area is 135 Å². The molecule has 0 saturated heterocycles. The third kappa shape index (κ3) is 3.66. The van der Waals surface area contributed by atoms with E-state index in [1.165, 1.54) is 12.1 Å². The molecule has 2 rings (SSSR count). The highest BCUT2D eigenvalue weighted by Crippen LogP contribution is 2.31. The molecule has 1 unspecified atom stereocenters. The number of phenols is 1. The molecule has 0 aliphatic heterocycles. The lowest BCUT2D eigenvalue weighted by molar-refractivity contribution is -0.138. The lowest BCUT2D eigenvalue weighted by Crippen LogP contribution is -2.21. The van der Waals surface area contributed by atoms with E-state index in [9.17, 15) is 14.7 Å². The molecule has 1 atom stereocenters. The number of Topliss-reactive ketones (excluding diaryl/α,β-unsaturated/α-hetero) is 1. The Morgan fingerprint density at radius 2 is 1.70 bits per heavy atom. The van der Waals surface area contributed by atoms with Crippen molar-refractivity contribution in [1.82, 2.24) is 0 Å². The van der Waals surface area contributed by atoms with Crippen molar-refractivity contribution in [2.45, 2.75) is 12.8 Å². The van der Waals surface area contributed by atoms with E-state index < -0.39 is 17.7 Å². The zero-order valence-corrected chi connectivity index (χ0v) is 12.9. The summed E-state index contributed by atoms with van der Waals surface area (Å²) in [6.45, 7) is 5.64. The van der Waals surface area contributed by atoms with Gasteiger partial charge in [-0.15, -0.1) is 0 Å². The molecule has 0 saturated carbocycles. The smallest absolute Gasteiger partial charge is 0.334 e. The molecule has 0 heterocycles. The Bertz CT molecular complexity index is 719. The van der Waals surface area contributed by atoms with Crippen molar-refractivity contribution in [2.24, 2.45) is 0 Å². The molecule has 0 spiro atoms. The Kier molecular flexibility index (Phi) is 5.31. The van der Waals surface area contributed by atoms with Gasteiger partial charge in [0.15, 0.2) is 5.78 Å². The van der Waals surface area contributed by atoms with Crippen molar-refractivity contribution in [3.63, 3.8) is 0 Å². The Morgan fingerprint density at radius 3 is 2.30 bits per heavy atom. The molecule has 23 heavy (non-hydrogen) atoms. The van der Waals surface area contributed by atoms with Gasteiger partial charge >= 0.3 is 5.97 Å². The standard InChI is InChI=1S/C19H18O4/c1-3-23-19(22)13(2)17(14-9-5-4-6-10-14)18(21)15-11-7-8-12-16(15)20/h4-12,17,20H,2-3H2,1H3. The van der Waals surface area contributed by atoms with Crippen LogP contribution in [0.2, 0.25) is 0 Å². The molecule has 2 aromatic rings. The molecule has 0 fully saturated rings. The number of rotatable bonds is 6. The Balaban J connectivity index is 2.46. The second-order valence-corrected chi connectivity index (χ2v) is 4.97. The third-order valence-electron chi connectivity index (χ3n) is 3.45. The molecule has 0 bridgehead atoms. The van der Waals surface area contributed by atoms with Crippen molar-refractivity contribution in [2.75, 3.05) is 6.61 Å². The number of hydrogen-bond donors (Lipinski definition) is 1. The topological polar surface area (TPSA) is 63.6 Å². The van der Waals surface area contributed by atoms with E-state index in [2.05, 4.69) is 6.58 Å². The summed E-state index contributed by atoms with van der Waals surface area (Å²) in [5, 5.41) is 9.93. The number of hydrogen-bond acceptors (Lipinski definition) is 4. The zero-order chi connectivity index (χ0) is 16.8. The van der Waals surface area contributed by atoms with Crippen LogP contribution in [-0.2, 0) is 9.53 Å². The van der Waals surface area contributed by atoms with Gasteiger partial charge in [0.1, 0.15) is 5.75 Å². The van der Waals surface area contributed by atoms with Gasteiger partial charge in [-0.25, -0.2) is 4.79 Å². The summed E-state index contributed by atoms with van der Waals surface area (Å²) in [5.41, 5.74) is 0.817.